The Kier molecular flexibility index (Phi) is 3.93. The molecule has 7 heteroatoms. The molecule has 2 aromatic rings. The smallest absolute Gasteiger partial charge is 0.404 e. The fourth-order valence-corrected chi connectivity index (χ4v) is 1.86. The molecule has 0 atom stereocenters. The molecule has 0 N–H and O–H groups in total. The highest BCUT2D eigenvalue weighted by molar-refractivity contribution is 9.10. The SMILES string of the molecule is O=[N+]([O-])c1nn(CCOc2ccccc2)cc1Br. The van der Waals surface area contributed by atoms with Gasteiger partial charge in [0.25, 0.3) is 0 Å². The summed E-state index contributed by atoms with van der Waals surface area (Å²) >= 11 is 3.09. The maximum Gasteiger partial charge on any atom is 0.404 e. The first-order valence-electron chi connectivity index (χ1n) is 5.22. The molecule has 0 aliphatic carbocycles. The molecule has 1 aromatic heterocycles. The third kappa shape index (κ3) is 3.07. The van der Waals surface area contributed by atoms with Crippen LogP contribution >= 0.6 is 15.9 Å². The fourth-order valence-electron chi connectivity index (χ4n) is 1.40. The number of para-hydroxylation sites is 1. The van der Waals surface area contributed by atoms with Gasteiger partial charge in [0, 0.05) is 0 Å². The van der Waals surface area contributed by atoms with Crippen LogP contribution in [0.5, 0.6) is 5.75 Å². The molecule has 0 aliphatic heterocycles. The van der Waals surface area contributed by atoms with Crippen LogP contribution in [-0.2, 0) is 6.54 Å². The molecule has 0 unspecified atom stereocenters. The van der Waals surface area contributed by atoms with Gasteiger partial charge >= 0.3 is 5.82 Å². The van der Waals surface area contributed by atoms with Gasteiger partial charge in [0.05, 0.1) is 17.8 Å². The monoisotopic (exact) mass is 311 g/mol. The Bertz CT molecular complexity index is 542. The summed E-state index contributed by atoms with van der Waals surface area (Å²) in [5.74, 6) is 0.577. The van der Waals surface area contributed by atoms with Crippen LogP contribution < -0.4 is 4.74 Å². The van der Waals surface area contributed by atoms with Crippen molar-refractivity contribution in [3.63, 3.8) is 0 Å². The van der Waals surface area contributed by atoms with E-state index in [-0.39, 0.29) is 5.82 Å². The lowest BCUT2D eigenvalue weighted by Crippen LogP contribution is -2.08. The standard InChI is InChI=1S/C11H10BrN3O3/c12-10-8-14(13-11(10)15(16)17)6-7-18-9-4-2-1-3-5-9/h1-5,8H,6-7H2. The Morgan fingerprint density at radius 2 is 2.11 bits per heavy atom. The lowest BCUT2D eigenvalue weighted by molar-refractivity contribution is -0.390. The van der Waals surface area contributed by atoms with E-state index in [1.165, 1.54) is 4.68 Å². The highest BCUT2D eigenvalue weighted by Gasteiger charge is 2.18. The molecular formula is C11H10BrN3O3. The van der Waals surface area contributed by atoms with Crippen LogP contribution in [0.2, 0.25) is 0 Å². The second-order valence-corrected chi connectivity index (χ2v) is 4.34. The first-order chi connectivity index (χ1) is 8.66. The molecule has 2 rings (SSSR count). The molecule has 0 saturated carbocycles. The number of nitrogens with zero attached hydrogens (tertiary/aromatic N) is 3. The Morgan fingerprint density at radius 1 is 1.39 bits per heavy atom. The number of aromatic nitrogens is 2. The predicted octanol–water partition coefficient (Wildman–Crippen LogP) is 2.63. The van der Waals surface area contributed by atoms with Gasteiger partial charge in [-0.3, -0.25) is 0 Å². The van der Waals surface area contributed by atoms with Crippen LogP contribution in [0.15, 0.2) is 41.0 Å². The van der Waals surface area contributed by atoms with Crippen LogP contribution in [0, 0.1) is 10.1 Å². The van der Waals surface area contributed by atoms with Gasteiger partial charge in [-0.05, 0) is 33.0 Å². The van der Waals surface area contributed by atoms with Gasteiger partial charge in [-0.2, -0.15) is 4.68 Å². The number of benzene rings is 1. The fraction of sp³-hybridized carbons (Fsp3) is 0.182. The number of hydrogen-bond acceptors (Lipinski definition) is 4. The maximum absolute atomic E-state index is 10.6. The summed E-state index contributed by atoms with van der Waals surface area (Å²) in [5.41, 5.74) is 0. The van der Waals surface area contributed by atoms with Gasteiger partial charge in [-0.1, -0.05) is 18.2 Å². The van der Waals surface area contributed by atoms with Crippen molar-refractivity contribution in [3.8, 4) is 5.75 Å². The first-order valence-corrected chi connectivity index (χ1v) is 6.01. The molecule has 0 radical (unpaired) electrons. The average molecular weight is 312 g/mol. The van der Waals surface area contributed by atoms with Gasteiger partial charge in [0.15, 0.2) is 0 Å². The van der Waals surface area contributed by atoms with Crippen molar-refractivity contribution >= 4 is 21.7 Å². The molecule has 1 heterocycles. The molecule has 1 aromatic carbocycles. The van der Waals surface area contributed by atoms with Crippen molar-refractivity contribution in [1.29, 1.82) is 0 Å². The van der Waals surface area contributed by atoms with Gasteiger partial charge in [-0.25, -0.2) is 0 Å². The Balaban J connectivity index is 1.91. The second kappa shape index (κ2) is 5.63. The number of ether oxygens (including phenoxy) is 1. The summed E-state index contributed by atoms with van der Waals surface area (Å²) in [6.07, 6.45) is 1.56. The van der Waals surface area contributed by atoms with Crippen LogP contribution in [-0.4, -0.2) is 21.3 Å². The zero-order chi connectivity index (χ0) is 13.0. The Morgan fingerprint density at radius 3 is 2.72 bits per heavy atom. The number of rotatable bonds is 5. The molecule has 0 amide bonds. The first kappa shape index (κ1) is 12.6. The molecule has 94 valence electrons. The minimum absolute atomic E-state index is 0.185. The number of halogens is 1. The Hall–Kier alpha value is -1.89. The van der Waals surface area contributed by atoms with E-state index in [0.29, 0.717) is 17.6 Å². The van der Waals surface area contributed by atoms with Crippen molar-refractivity contribution in [1.82, 2.24) is 9.78 Å². The van der Waals surface area contributed by atoms with E-state index in [2.05, 4.69) is 21.0 Å². The number of hydrogen-bond donors (Lipinski definition) is 0. The van der Waals surface area contributed by atoms with E-state index in [9.17, 15) is 10.1 Å². The highest BCUT2D eigenvalue weighted by Crippen LogP contribution is 2.21. The highest BCUT2D eigenvalue weighted by atomic mass is 79.9. The largest absolute Gasteiger partial charge is 0.492 e. The summed E-state index contributed by atoms with van der Waals surface area (Å²) < 4.78 is 7.32. The lowest BCUT2D eigenvalue weighted by Gasteiger charge is -2.03. The minimum atomic E-state index is -0.529. The van der Waals surface area contributed by atoms with E-state index < -0.39 is 4.92 Å². The summed E-state index contributed by atoms with van der Waals surface area (Å²) in [6.45, 7) is 0.844. The lowest BCUT2D eigenvalue weighted by atomic mass is 10.3. The number of nitro groups is 1. The van der Waals surface area contributed by atoms with Crippen molar-refractivity contribution in [2.75, 3.05) is 6.61 Å². The van der Waals surface area contributed by atoms with E-state index >= 15 is 0 Å². The van der Waals surface area contributed by atoms with Gasteiger partial charge in [0.1, 0.15) is 16.8 Å². The van der Waals surface area contributed by atoms with E-state index in [0.717, 1.165) is 5.75 Å². The summed E-state index contributed by atoms with van der Waals surface area (Å²) in [4.78, 5) is 10.1. The maximum atomic E-state index is 10.6. The van der Waals surface area contributed by atoms with Crippen LogP contribution in [0.3, 0.4) is 0 Å². The topological polar surface area (TPSA) is 70.2 Å². The van der Waals surface area contributed by atoms with Crippen LogP contribution in [0.25, 0.3) is 0 Å². The Labute approximate surface area is 111 Å². The molecule has 18 heavy (non-hydrogen) atoms. The predicted molar refractivity (Wildman–Crippen MR) is 68.5 cm³/mol. The normalized spacial score (nSPS) is 10.3. The molecule has 0 saturated heterocycles. The second-order valence-electron chi connectivity index (χ2n) is 3.48. The van der Waals surface area contributed by atoms with Crippen molar-refractivity contribution in [3.05, 3.63) is 51.1 Å². The summed E-state index contributed by atoms with van der Waals surface area (Å²) in [7, 11) is 0. The summed E-state index contributed by atoms with van der Waals surface area (Å²) in [6, 6.07) is 9.36. The van der Waals surface area contributed by atoms with E-state index in [4.69, 9.17) is 4.74 Å². The van der Waals surface area contributed by atoms with Crippen molar-refractivity contribution in [2.45, 2.75) is 6.54 Å². The third-order valence-corrected chi connectivity index (χ3v) is 2.76. The van der Waals surface area contributed by atoms with Crippen LogP contribution in [0.4, 0.5) is 5.82 Å². The molecule has 0 bridgehead atoms. The van der Waals surface area contributed by atoms with Crippen molar-refractivity contribution < 1.29 is 9.66 Å². The van der Waals surface area contributed by atoms with E-state index in [1.54, 1.807) is 6.20 Å². The summed E-state index contributed by atoms with van der Waals surface area (Å²) in [5, 5.41) is 14.4. The van der Waals surface area contributed by atoms with Crippen molar-refractivity contribution in [2.24, 2.45) is 0 Å². The molecular weight excluding hydrogens is 302 g/mol. The molecule has 0 fully saturated rings. The quantitative estimate of drug-likeness (QED) is 0.628. The van der Waals surface area contributed by atoms with Crippen LogP contribution in [0.1, 0.15) is 0 Å². The average Bonchev–Trinajstić information content (AvgIpc) is 2.72. The van der Waals surface area contributed by atoms with Gasteiger partial charge in [0.2, 0.25) is 0 Å². The minimum Gasteiger partial charge on any atom is -0.492 e. The zero-order valence-electron chi connectivity index (χ0n) is 9.32. The third-order valence-electron chi connectivity index (χ3n) is 2.20. The van der Waals surface area contributed by atoms with Gasteiger partial charge < -0.3 is 14.9 Å². The molecule has 0 aliphatic rings. The zero-order valence-corrected chi connectivity index (χ0v) is 10.9. The molecule has 6 nitrogen and oxygen atoms in total. The van der Waals surface area contributed by atoms with E-state index in [1.807, 2.05) is 30.3 Å². The molecule has 0 spiro atoms. The van der Waals surface area contributed by atoms with Gasteiger partial charge in [-0.15, -0.1) is 0 Å².